The van der Waals surface area contributed by atoms with Crippen LogP contribution in [0.5, 0.6) is 5.75 Å². The van der Waals surface area contributed by atoms with Crippen molar-refractivity contribution < 1.29 is 23.4 Å². The van der Waals surface area contributed by atoms with E-state index in [1.807, 2.05) is 6.92 Å². The van der Waals surface area contributed by atoms with E-state index in [9.17, 15) is 23.4 Å². The molecule has 1 heterocycles. The van der Waals surface area contributed by atoms with E-state index in [2.05, 4.69) is 4.98 Å². The van der Waals surface area contributed by atoms with Gasteiger partial charge in [-0.2, -0.15) is 13.2 Å². The lowest BCUT2D eigenvalue weighted by atomic mass is 9.72. The molecule has 0 radical (unpaired) electrons. The first-order valence-electron chi connectivity index (χ1n) is 9.13. The number of aromatic hydroxyl groups is 1. The third-order valence-electron chi connectivity index (χ3n) is 5.38. The van der Waals surface area contributed by atoms with Gasteiger partial charge in [-0.15, -0.1) is 0 Å². The quantitative estimate of drug-likeness (QED) is 0.747. The molecule has 1 aromatic carbocycles. The highest BCUT2D eigenvalue weighted by atomic mass is 19.4. The molecule has 0 amide bonds. The predicted octanol–water partition coefficient (Wildman–Crippen LogP) is 5.09. The molecule has 150 valence electrons. The van der Waals surface area contributed by atoms with Gasteiger partial charge in [-0.25, -0.2) is 0 Å². The number of phenolic OH excluding ortho intramolecular Hbond substituents is 1. The summed E-state index contributed by atoms with van der Waals surface area (Å²) in [6, 6.07) is 6.59. The minimum Gasteiger partial charge on any atom is -0.508 e. The number of pyridine rings is 1. The molecule has 0 aliphatic heterocycles. The maximum atomic E-state index is 14.0. The van der Waals surface area contributed by atoms with Crippen LogP contribution >= 0.6 is 0 Å². The van der Waals surface area contributed by atoms with E-state index >= 15 is 0 Å². The number of halogens is 3. The predicted molar refractivity (Wildman–Crippen MR) is 102 cm³/mol. The zero-order chi connectivity index (χ0) is 20.7. The van der Waals surface area contributed by atoms with Gasteiger partial charge in [0.05, 0.1) is 0 Å². The van der Waals surface area contributed by atoms with E-state index in [1.54, 1.807) is 50.5 Å². The Kier molecular flexibility index (Phi) is 5.04. The molecular weight excluding hydrogens is 367 g/mol. The largest absolute Gasteiger partial charge is 0.508 e. The second-order valence-electron chi connectivity index (χ2n) is 8.34. The molecule has 1 atom stereocenters. The summed E-state index contributed by atoms with van der Waals surface area (Å²) in [7, 11) is 0. The normalized spacial score (nSPS) is 16.5. The number of aromatic nitrogens is 1. The average Bonchev–Trinajstić information content (AvgIpc) is 2.97. The van der Waals surface area contributed by atoms with Crippen LogP contribution in [0, 0.1) is 6.92 Å². The standard InChI is InChI=1S/C22H24F3NO2/c1-14-4-5-19(27)18(8-14)20(2,3)13-21(28,22(23,24)25)11-15-9-16-6-7-26-12-17(16)10-15/h4-9,12,27-28H,10-11,13H2,1-3H3/t21-/m0/s1. The van der Waals surface area contributed by atoms with Gasteiger partial charge in [0.1, 0.15) is 5.75 Å². The van der Waals surface area contributed by atoms with Crippen molar-refractivity contribution in [3.63, 3.8) is 0 Å². The van der Waals surface area contributed by atoms with Crippen molar-refractivity contribution in [2.45, 2.75) is 57.2 Å². The van der Waals surface area contributed by atoms with E-state index in [4.69, 9.17) is 0 Å². The summed E-state index contributed by atoms with van der Waals surface area (Å²) in [6.07, 6.45) is -0.605. The SMILES string of the molecule is Cc1ccc(O)c(C(C)(C)C[C@@](O)(CC2=Cc3ccncc3C2)C(F)(F)F)c1. The van der Waals surface area contributed by atoms with Crippen molar-refractivity contribution in [2.24, 2.45) is 0 Å². The highest BCUT2D eigenvalue weighted by Gasteiger charge is 2.56. The molecule has 0 saturated carbocycles. The Morgan fingerprint density at radius 1 is 1.14 bits per heavy atom. The first-order valence-corrected chi connectivity index (χ1v) is 9.13. The number of hydrogen-bond donors (Lipinski definition) is 2. The molecule has 2 aromatic rings. The lowest BCUT2D eigenvalue weighted by molar-refractivity contribution is -0.266. The maximum absolute atomic E-state index is 14.0. The van der Waals surface area contributed by atoms with Gasteiger partial charge in [0, 0.05) is 18.8 Å². The Bertz CT molecular complexity index is 918. The molecule has 3 nitrogen and oxygen atoms in total. The molecule has 0 bridgehead atoms. The van der Waals surface area contributed by atoms with E-state index in [0.717, 1.165) is 16.7 Å². The molecule has 0 saturated heterocycles. The highest BCUT2D eigenvalue weighted by molar-refractivity contribution is 5.63. The van der Waals surface area contributed by atoms with Crippen LogP contribution in [0.1, 0.15) is 48.9 Å². The maximum Gasteiger partial charge on any atom is 0.417 e. The number of phenols is 1. The van der Waals surface area contributed by atoms with Gasteiger partial charge in [0.25, 0.3) is 0 Å². The summed E-state index contributed by atoms with van der Waals surface area (Å²) >= 11 is 0. The minimum absolute atomic E-state index is 0.0707. The van der Waals surface area contributed by atoms with Crippen LogP contribution in [0.25, 0.3) is 6.08 Å². The monoisotopic (exact) mass is 391 g/mol. The smallest absolute Gasteiger partial charge is 0.417 e. The summed E-state index contributed by atoms with van der Waals surface area (Å²) in [5.41, 5.74) is -0.558. The molecule has 1 aliphatic carbocycles. The van der Waals surface area contributed by atoms with Crippen molar-refractivity contribution in [3.8, 4) is 5.75 Å². The van der Waals surface area contributed by atoms with Gasteiger partial charge in [0.15, 0.2) is 5.60 Å². The van der Waals surface area contributed by atoms with Crippen molar-refractivity contribution >= 4 is 6.08 Å². The average molecular weight is 391 g/mol. The van der Waals surface area contributed by atoms with Crippen LogP contribution in [-0.4, -0.2) is 27.0 Å². The van der Waals surface area contributed by atoms with Crippen molar-refractivity contribution in [3.05, 3.63) is 64.5 Å². The molecule has 6 heteroatoms. The van der Waals surface area contributed by atoms with Crippen molar-refractivity contribution in [1.29, 1.82) is 0 Å². The third-order valence-corrected chi connectivity index (χ3v) is 5.38. The number of benzene rings is 1. The second kappa shape index (κ2) is 6.92. The van der Waals surface area contributed by atoms with Crippen LogP contribution < -0.4 is 0 Å². The first-order chi connectivity index (χ1) is 12.9. The molecule has 0 fully saturated rings. The lowest BCUT2D eigenvalue weighted by Gasteiger charge is -2.38. The van der Waals surface area contributed by atoms with Gasteiger partial charge in [-0.3, -0.25) is 4.98 Å². The van der Waals surface area contributed by atoms with Gasteiger partial charge in [0.2, 0.25) is 0 Å². The minimum atomic E-state index is -4.81. The van der Waals surface area contributed by atoms with Gasteiger partial charge in [-0.1, -0.05) is 43.2 Å². The fourth-order valence-electron chi connectivity index (χ4n) is 4.01. The number of alkyl halides is 3. The van der Waals surface area contributed by atoms with Gasteiger partial charge >= 0.3 is 6.18 Å². The molecule has 0 spiro atoms. The van der Waals surface area contributed by atoms with E-state index in [0.29, 0.717) is 17.6 Å². The van der Waals surface area contributed by atoms with Crippen LogP contribution in [0.2, 0.25) is 0 Å². The molecule has 2 N–H and O–H groups in total. The van der Waals surface area contributed by atoms with E-state index < -0.39 is 30.0 Å². The highest BCUT2D eigenvalue weighted by Crippen LogP contribution is 2.47. The zero-order valence-corrected chi connectivity index (χ0v) is 16.1. The summed E-state index contributed by atoms with van der Waals surface area (Å²) in [5, 5.41) is 21.0. The lowest BCUT2D eigenvalue weighted by Crippen LogP contribution is -2.49. The Balaban J connectivity index is 1.91. The topological polar surface area (TPSA) is 53.4 Å². The molecule has 0 unspecified atom stereocenters. The summed E-state index contributed by atoms with van der Waals surface area (Å²) < 4.78 is 41.9. The van der Waals surface area contributed by atoms with Crippen molar-refractivity contribution in [2.75, 3.05) is 0 Å². The van der Waals surface area contributed by atoms with Crippen LogP contribution in [-0.2, 0) is 11.8 Å². The molecule has 1 aliphatic rings. The second-order valence-corrected chi connectivity index (χ2v) is 8.34. The number of nitrogens with zero attached hydrogens (tertiary/aromatic N) is 1. The third kappa shape index (κ3) is 3.92. The molecule has 3 rings (SSSR count). The Morgan fingerprint density at radius 2 is 1.86 bits per heavy atom. The number of aryl methyl sites for hydroxylation is 1. The Labute approximate surface area is 162 Å². The van der Waals surface area contributed by atoms with E-state index in [1.165, 1.54) is 6.07 Å². The molecule has 28 heavy (non-hydrogen) atoms. The van der Waals surface area contributed by atoms with Gasteiger partial charge < -0.3 is 10.2 Å². The molecule has 1 aromatic heterocycles. The zero-order valence-electron chi connectivity index (χ0n) is 16.1. The van der Waals surface area contributed by atoms with Crippen LogP contribution in [0.4, 0.5) is 13.2 Å². The summed E-state index contributed by atoms with van der Waals surface area (Å²) in [6.45, 7) is 5.03. The first kappa shape index (κ1) is 20.4. The van der Waals surface area contributed by atoms with Gasteiger partial charge in [-0.05, 0) is 54.0 Å². The van der Waals surface area contributed by atoms with Crippen LogP contribution in [0.15, 0.2) is 42.2 Å². The van der Waals surface area contributed by atoms with Crippen molar-refractivity contribution in [1.82, 2.24) is 4.98 Å². The van der Waals surface area contributed by atoms with Crippen LogP contribution in [0.3, 0.4) is 0 Å². The fourth-order valence-corrected chi connectivity index (χ4v) is 4.01. The number of hydrogen-bond acceptors (Lipinski definition) is 3. The number of rotatable bonds is 5. The Hall–Kier alpha value is -2.34. The fraction of sp³-hybridized carbons (Fsp3) is 0.409. The number of fused-ring (bicyclic) bond motifs is 1. The number of aliphatic hydroxyl groups is 1. The summed E-state index contributed by atoms with van der Waals surface area (Å²) in [4.78, 5) is 4.01. The Morgan fingerprint density at radius 3 is 2.50 bits per heavy atom. The van der Waals surface area contributed by atoms with E-state index in [-0.39, 0.29) is 5.75 Å². The summed E-state index contributed by atoms with van der Waals surface area (Å²) in [5.74, 6) is -0.0707. The molecular formula is C22H24F3NO2.